The number of thioether (sulfide) groups is 1. The molecule has 0 saturated carbocycles. The molecule has 7 nitrogen and oxygen atoms in total. The number of carbonyl (C=O) groups excluding carboxylic acids is 3. The number of esters is 1. The Hall–Kier alpha value is -2.48. The van der Waals surface area contributed by atoms with E-state index in [2.05, 4.69) is 0 Å². The predicted octanol–water partition coefficient (Wildman–Crippen LogP) is 3.08. The zero-order valence-electron chi connectivity index (χ0n) is 14.9. The van der Waals surface area contributed by atoms with Crippen LogP contribution in [0.2, 0.25) is 0 Å². The molecule has 0 bridgehead atoms. The molecule has 140 valence electrons. The van der Waals surface area contributed by atoms with Gasteiger partial charge < -0.3 is 14.2 Å². The molecular formula is C18H21NO6S. The van der Waals surface area contributed by atoms with Crippen molar-refractivity contribution in [2.24, 2.45) is 0 Å². The van der Waals surface area contributed by atoms with Crippen molar-refractivity contribution in [2.75, 3.05) is 26.4 Å². The molecule has 1 saturated heterocycles. The maximum atomic E-state index is 12.4. The van der Waals surface area contributed by atoms with E-state index < -0.39 is 23.7 Å². The number of hydrogen-bond acceptors (Lipinski definition) is 7. The number of ether oxygens (including phenoxy) is 3. The molecule has 8 heteroatoms. The van der Waals surface area contributed by atoms with E-state index in [9.17, 15) is 14.4 Å². The number of hydrogen-bond donors (Lipinski definition) is 0. The highest BCUT2D eigenvalue weighted by atomic mass is 32.2. The summed E-state index contributed by atoms with van der Waals surface area (Å²) in [5, 5.41) is -0.502. The van der Waals surface area contributed by atoms with E-state index in [1.54, 1.807) is 31.2 Å². The second kappa shape index (κ2) is 9.28. The molecule has 2 rings (SSSR count). The van der Waals surface area contributed by atoms with Crippen LogP contribution in [0.4, 0.5) is 4.79 Å². The second-order valence-electron chi connectivity index (χ2n) is 5.14. The van der Waals surface area contributed by atoms with Crippen LogP contribution in [0.15, 0.2) is 23.1 Å². The lowest BCUT2D eigenvalue weighted by Crippen LogP contribution is -2.34. The van der Waals surface area contributed by atoms with Crippen LogP contribution in [0.3, 0.4) is 0 Å². The predicted molar refractivity (Wildman–Crippen MR) is 98.1 cm³/mol. The fraction of sp³-hybridized carbons (Fsp3) is 0.389. The van der Waals surface area contributed by atoms with E-state index in [4.69, 9.17) is 14.2 Å². The highest BCUT2D eigenvalue weighted by molar-refractivity contribution is 8.18. The first-order valence-corrected chi connectivity index (χ1v) is 9.12. The molecule has 1 aliphatic heterocycles. The molecular weight excluding hydrogens is 358 g/mol. The smallest absolute Gasteiger partial charge is 0.326 e. The van der Waals surface area contributed by atoms with Crippen LogP contribution >= 0.6 is 11.8 Å². The number of nitrogens with zero attached hydrogens (tertiary/aromatic N) is 1. The molecule has 0 N–H and O–H groups in total. The van der Waals surface area contributed by atoms with Crippen molar-refractivity contribution in [3.63, 3.8) is 0 Å². The molecule has 1 heterocycles. The van der Waals surface area contributed by atoms with Gasteiger partial charge in [0.2, 0.25) is 0 Å². The van der Waals surface area contributed by atoms with Crippen LogP contribution in [0.1, 0.15) is 26.3 Å². The summed E-state index contributed by atoms with van der Waals surface area (Å²) >= 11 is 0.782. The van der Waals surface area contributed by atoms with Gasteiger partial charge in [-0.05, 0) is 50.7 Å². The average molecular weight is 379 g/mol. The third-order valence-electron chi connectivity index (χ3n) is 3.35. The lowest BCUT2D eigenvalue weighted by atomic mass is 10.1. The van der Waals surface area contributed by atoms with Gasteiger partial charge in [0.25, 0.3) is 11.1 Å². The molecule has 1 aliphatic rings. The summed E-state index contributed by atoms with van der Waals surface area (Å²) in [6, 6.07) is 5.26. The third kappa shape index (κ3) is 4.78. The highest BCUT2D eigenvalue weighted by Gasteiger charge is 2.36. The minimum atomic E-state index is -0.618. The van der Waals surface area contributed by atoms with Crippen molar-refractivity contribution < 1.29 is 28.6 Å². The second-order valence-corrected chi connectivity index (χ2v) is 6.13. The van der Waals surface area contributed by atoms with Gasteiger partial charge in [0, 0.05) is 11.6 Å². The Kier molecular flexibility index (Phi) is 7.08. The maximum absolute atomic E-state index is 12.4. The summed E-state index contributed by atoms with van der Waals surface area (Å²) in [5.74, 6) is 0.0654. The van der Waals surface area contributed by atoms with E-state index in [1.165, 1.54) is 0 Å². The minimum absolute atomic E-state index is 0.189. The Balaban J connectivity index is 2.25. The summed E-state index contributed by atoms with van der Waals surface area (Å²) < 4.78 is 15.8. The Morgan fingerprint density at radius 3 is 2.50 bits per heavy atom. The first-order valence-electron chi connectivity index (χ1n) is 8.30. The van der Waals surface area contributed by atoms with Crippen LogP contribution < -0.4 is 9.47 Å². The van der Waals surface area contributed by atoms with Gasteiger partial charge in [0.1, 0.15) is 18.0 Å². The highest BCUT2D eigenvalue weighted by Crippen LogP contribution is 2.35. The molecule has 0 aliphatic carbocycles. The van der Waals surface area contributed by atoms with E-state index in [1.807, 2.05) is 13.8 Å². The zero-order chi connectivity index (χ0) is 19.1. The summed E-state index contributed by atoms with van der Waals surface area (Å²) in [4.78, 5) is 37.2. The van der Waals surface area contributed by atoms with Gasteiger partial charge in [-0.1, -0.05) is 0 Å². The van der Waals surface area contributed by atoms with Crippen LogP contribution in [0.25, 0.3) is 6.08 Å². The van der Waals surface area contributed by atoms with Gasteiger partial charge in [-0.3, -0.25) is 19.3 Å². The summed E-state index contributed by atoms with van der Waals surface area (Å²) in [6.45, 7) is 6.16. The van der Waals surface area contributed by atoms with Crippen molar-refractivity contribution >= 4 is 35.0 Å². The van der Waals surface area contributed by atoms with Crippen molar-refractivity contribution in [1.29, 1.82) is 0 Å². The van der Waals surface area contributed by atoms with E-state index in [-0.39, 0.29) is 11.5 Å². The minimum Gasteiger partial charge on any atom is -0.494 e. The lowest BCUT2D eigenvalue weighted by molar-refractivity contribution is -0.145. The van der Waals surface area contributed by atoms with Crippen molar-refractivity contribution in [3.8, 4) is 11.5 Å². The number of amides is 2. The van der Waals surface area contributed by atoms with Gasteiger partial charge in [-0.2, -0.15) is 0 Å². The van der Waals surface area contributed by atoms with Gasteiger partial charge in [-0.25, -0.2) is 0 Å². The Bertz CT molecular complexity index is 730. The molecule has 0 radical (unpaired) electrons. The molecule has 0 aromatic heterocycles. The molecule has 2 amide bonds. The first-order chi connectivity index (χ1) is 12.5. The van der Waals surface area contributed by atoms with Gasteiger partial charge in [-0.15, -0.1) is 0 Å². The fourth-order valence-corrected chi connectivity index (χ4v) is 3.11. The number of benzene rings is 1. The van der Waals surface area contributed by atoms with E-state index in [0.29, 0.717) is 30.3 Å². The average Bonchev–Trinajstić information content (AvgIpc) is 2.85. The summed E-state index contributed by atoms with van der Waals surface area (Å²) in [7, 11) is 0. The largest absolute Gasteiger partial charge is 0.494 e. The van der Waals surface area contributed by atoms with E-state index in [0.717, 1.165) is 16.7 Å². The SMILES string of the molecule is CCOC(=O)CN1C(=O)SC(=Cc2ccc(OCC)cc2OCC)C1=O. The van der Waals surface area contributed by atoms with Gasteiger partial charge >= 0.3 is 5.97 Å². The normalized spacial score (nSPS) is 15.5. The van der Waals surface area contributed by atoms with Crippen LogP contribution in [0.5, 0.6) is 11.5 Å². The van der Waals surface area contributed by atoms with Gasteiger partial charge in [0.05, 0.1) is 24.7 Å². The molecule has 0 unspecified atom stereocenters. The summed E-state index contributed by atoms with van der Waals surface area (Å²) in [5.41, 5.74) is 0.650. The Labute approximate surface area is 156 Å². The van der Waals surface area contributed by atoms with Crippen LogP contribution in [-0.4, -0.2) is 48.4 Å². The fourth-order valence-electron chi connectivity index (χ4n) is 2.28. The molecule has 1 fully saturated rings. The Morgan fingerprint density at radius 2 is 1.85 bits per heavy atom. The van der Waals surface area contributed by atoms with E-state index >= 15 is 0 Å². The Morgan fingerprint density at radius 1 is 1.12 bits per heavy atom. The third-order valence-corrected chi connectivity index (χ3v) is 4.26. The number of carbonyl (C=O) groups is 3. The van der Waals surface area contributed by atoms with Gasteiger partial charge in [0.15, 0.2) is 0 Å². The lowest BCUT2D eigenvalue weighted by Gasteiger charge is -2.11. The molecule has 26 heavy (non-hydrogen) atoms. The molecule has 0 atom stereocenters. The quantitative estimate of drug-likeness (QED) is 0.507. The zero-order valence-corrected chi connectivity index (χ0v) is 15.8. The summed E-state index contributed by atoms with van der Waals surface area (Å²) in [6.07, 6.45) is 1.58. The molecule has 0 spiro atoms. The standard InChI is InChI=1S/C18H21NO6S/c1-4-23-13-8-7-12(14(10-13)24-5-2)9-15-17(21)19(18(22)26-15)11-16(20)25-6-3/h7-10H,4-6,11H2,1-3H3. The van der Waals surface area contributed by atoms with Crippen LogP contribution in [-0.2, 0) is 14.3 Å². The topological polar surface area (TPSA) is 82.1 Å². The van der Waals surface area contributed by atoms with Crippen molar-refractivity contribution in [2.45, 2.75) is 20.8 Å². The van der Waals surface area contributed by atoms with Crippen molar-refractivity contribution in [3.05, 3.63) is 28.7 Å². The molecule has 1 aromatic carbocycles. The van der Waals surface area contributed by atoms with Crippen molar-refractivity contribution in [1.82, 2.24) is 4.90 Å². The first kappa shape index (κ1) is 19.8. The number of rotatable bonds is 8. The van der Waals surface area contributed by atoms with Crippen LogP contribution in [0, 0.1) is 0 Å². The number of imide groups is 1. The molecule has 1 aromatic rings. The monoisotopic (exact) mass is 379 g/mol. The maximum Gasteiger partial charge on any atom is 0.326 e.